The lowest BCUT2D eigenvalue weighted by Gasteiger charge is -2.16. The topological polar surface area (TPSA) is 55.4 Å². The van der Waals surface area contributed by atoms with Crippen LogP contribution in [0, 0.1) is 0 Å². The Morgan fingerprint density at radius 3 is 2.40 bits per heavy atom. The number of carbonyl (C=O) groups is 1. The molecule has 5 heteroatoms. The van der Waals surface area contributed by atoms with Gasteiger partial charge >= 0.3 is 0 Å². The van der Waals surface area contributed by atoms with Crippen LogP contribution in [0.1, 0.15) is 27.9 Å². The molecule has 1 atom stereocenters. The fraction of sp³-hybridized carbons (Fsp3) is 0.0500. The van der Waals surface area contributed by atoms with Crippen molar-refractivity contribution in [1.82, 2.24) is 5.32 Å². The van der Waals surface area contributed by atoms with Gasteiger partial charge in [-0.1, -0.05) is 48.5 Å². The van der Waals surface area contributed by atoms with Crippen molar-refractivity contribution in [2.75, 3.05) is 0 Å². The summed E-state index contributed by atoms with van der Waals surface area (Å²) < 4.78 is 11.8. The van der Waals surface area contributed by atoms with Crippen molar-refractivity contribution >= 4 is 32.8 Å². The summed E-state index contributed by atoms with van der Waals surface area (Å²) in [6, 6.07) is 22.3. The zero-order valence-corrected chi connectivity index (χ0v) is 14.7. The monoisotopic (exact) mass is 395 g/mol. The zero-order valence-electron chi connectivity index (χ0n) is 13.1. The van der Waals surface area contributed by atoms with Crippen LogP contribution < -0.4 is 5.32 Å². The van der Waals surface area contributed by atoms with Gasteiger partial charge in [0, 0.05) is 5.39 Å². The number of furan rings is 2. The van der Waals surface area contributed by atoms with Crippen LogP contribution in [0.4, 0.5) is 0 Å². The number of carbonyl (C=O) groups excluding carboxylic acids is 1. The van der Waals surface area contributed by atoms with Gasteiger partial charge in [-0.15, -0.1) is 0 Å². The van der Waals surface area contributed by atoms with E-state index < -0.39 is 6.04 Å². The van der Waals surface area contributed by atoms with Crippen molar-refractivity contribution in [2.24, 2.45) is 0 Å². The largest absolute Gasteiger partial charge is 0.459 e. The Hall–Kier alpha value is -2.79. The van der Waals surface area contributed by atoms with Gasteiger partial charge in [-0.2, -0.15) is 0 Å². The highest BCUT2D eigenvalue weighted by atomic mass is 79.9. The Morgan fingerprint density at radius 1 is 0.920 bits per heavy atom. The Kier molecular flexibility index (Phi) is 4.15. The minimum absolute atomic E-state index is 0.240. The fourth-order valence-corrected chi connectivity index (χ4v) is 3.05. The maximum Gasteiger partial charge on any atom is 0.287 e. The van der Waals surface area contributed by atoms with Gasteiger partial charge in [0.05, 0.1) is 0 Å². The van der Waals surface area contributed by atoms with Crippen LogP contribution >= 0.6 is 15.9 Å². The highest BCUT2D eigenvalue weighted by molar-refractivity contribution is 9.10. The lowest BCUT2D eigenvalue weighted by Crippen LogP contribution is -2.28. The van der Waals surface area contributed by atoms with E-state index in [2.05, 4.69) is 21.2 Å². The SMILES string of the molecule is O=C(NC(c1ccccc1)c1cc2ccccc2o1)c1ccc(Br)o1. The number of hydrogen-bond donors (Lipinski definition) is 1. The van der Waals surface area contributed by atoms with Crippen molar-refractivity contribution < 1.29 is 13.6 Å². The average molecular weight is 396 g/mol. The first-order valence-corrected chi connectivity index (χ1v) is 8.59. The summed E-state index contributed by atoms with van der Waals surface area (Å²) >= 11 is 3.21. The summed E-state index contributed by atoms with van der Waals surface area (Å²) in [6.07, 6.45) is 0. The number of para-hydroxylation sites is 1. The Labute approximate surface area is 152 Å². The molecule has 25 heavy (non-hydrogen) atoms. The molecule has 1 N–H and O–H groups in total. The highest BCUT2D eigenvalue weighted by Crippen LogP contribution is 2.28. The van der Waals surface area contributed by atoms with E-state index in [0.717, 1.165) is 16.5 Å². The normalized spacial score (nSPS) is 12.2. The summed E-state index contributed by atoms with van der Waals surface area (Å²) in [6.45, 7) is 0. The minimum Gasteiger partial charge on any atom is -0.459 e. The third-order valence-corrected chi connectivity index (χ3v) is 4.36. The number of halogens is 1. The fourth-order valence-electron chi connectivity index (χ4n) is 2.75. The number of nitrogens with one attached hydrogen (secondary N) is 1. The van der Waals surface area contributed by atoms with E-state index in [-0.39, 0.29) is 11.7 Å². The molecule has 0 saturated heterocycles. The first-order valence-electron chi connectivity index (χ1n) is 7.80. The molecule has 0 aliphatic heterocycles. The molecular formula is C20H14BrNO3. The van der Waals surface area contributed by atoms with Gasteiger partial charge in [0.1, 0.15) is 17.4 Å². The summed E-state index contributed by atoms with van der Waals surface area (Å²) in [5.74, 6) is 0.607. The summed E-state index contributed by atoms with van der Waals surface area (Å²) in [5.41, 5.74) is 1.72. The summed E-state index contributed by atoms with van der Waals surface area (Å²) in [7, 11) is 0. The van der Waals surface area contributed by atoms with Gasteiger partial charge in [0.15, 0.2) is 10.4 Å². The molecule has 4 rings (SSSR count). The lowest BCUT2D eigenvalue weighted by molar-refractivity contribution is 0.0910. The van der Waals surface area contributed by atoms with Gasteiger partial charge in [0.2, 0.25) is 0 Å². The molecular weight excluding hydrogens is 382 g/mol. The van der Waals surface area contributed by atoms with E-state index >= 15 is 0 Å². The van der Waals surface area contributed by atoms with Crippen LogP contribution in [0.3, 0.4) is 0 Å². The molecule has 2 heterocycles. The molecule has 1 unspecified atom stereocenters. The number of benzene rings is 2. The molecule has 0 saturated carbocycles. The molecule has 0 spiro atoms. The molecule has 2 aromatic carbocycles. The van der Waals surface area contributed by atoms with Crippen LogP contribution in [0.5, 0.6) is 0 Å². The highest BCUT2D eigenvalue weighted by Gasteiger charge is 2.22. The second-order valence-corrected chi connectivity index (χ2v) is 6.39. The van der Waals surface area contributed by atoms with E-state index in [4.69, 9.17) is 8.83 Å². The third kappa shape index (κ3) is 3.23. The first kappa shape index (κ1) is 15.7. The van der Waals surface area contributed by atoms with Crippen LogP contribution in [-0.2, 0) is 0 Å². The van der Waals surface area contributed by atoms with Crippen molar-refractivity contribution in [2.45, 2.75) is 6.04 Å². The van der Waals surface area contributed by atoms with E-state index in [1.54, 1.807) is 12.1 Å². The second kappa shape index (κ2) is 6.61. The molecule has 4 aromatic rings. The number of fused-ring (bicyclic) bond motifs is 1. The van der Waals surface area contributed by atoms with Crippen molar-refractivity contribution in [1.29, 1.82) is 0 Å². The van der Waals surface area contributed by atoms with Gasteiger partial charge in [-0.05, 0) is 45.8 Å². The quantitative estimate of drug-likeness (QED) is 0.509. The van der Waals surface area contributed by atoms with Crippen molar-refractivity contribution in [3.63, 3.8) is 0 Å². The van der Waals surface area contributed by atoms with Crippen LogP contribution in [0.25, 0.3) is 11.0 Å². The summed E-state index contributed by atoms with van der Waals surface area (Å²) in [5, 5.41) is 3.99. The summed E-state index contributed by atoms with van der Waals surface area (Å²) in [4.78, 5) is 12.6. The van der Waals surface area contributed by atoms with E-state index in [0.29, 0.717) is 10.4 Å². The first-order chi connectivity index (χ1) is 12.2. The predicted molar refractivity (Wildman–Crippen MR) is 98.4 cm³/mol. The average Bonchev–Trinajstić information content (AvgIpc) is 3.26. The van der Waals surface area contributed by atoms with Gasteiger partial charge < -0.3 is 14.2 Å². The van der Waals surface area contributed by atoms with Gasteiger partial charge in [-0.3, -0.25) is 4.79 Å². The smallest absolute Gasteiger partial charge is 0.287 e. The maximum atomic E-state index is 12.6. The third-order valence-electron chi connectivity index (χ3n) is 3.93. The van der Waals surface area contributed by atoms with Crippen molar-refractivity contribution in [3.8, 4) is 0 Å². The van der Waals surface area contributed by atoms with Gasteiger partial charge in [0.25, 0.3) is 5.91 Å². The number of rotatable bonds is 4. The molecule has 0 aliphatic carbocycles. The Bertz CT molecular complexity index is 987. The Balaban J connectivity index is 1.72. The van der Waals surface area contributed by atoms with Crippen LogP contribution in [0.2, 0.25) is 0 Å². The number of hydrogen-bond acceptors (Lipinski definition) is 3. The van der Waals surface area contributed by atoms with Crippen LogP contribution in [-0.4, -0.2) is 5.91 Å². The van der Waals surface area contributed by atoms with E-state index in [1.165, 1.54) is 0 Å². The van der Waals surface area contributed by atoms with Crippen LogP contribution in [0.15, 0.2) is 86.3 Å². The van der Waals surface area contributed by atoms with E-state index in [1.807, 2.05) is 60.7 Å². The molecule has 0 radical (unpaired) electrons. The minimum atomic E-state index is -0.412. The van der Waals surface area contributed by atoms with Gasteiger partial charge in [-0.25, -0.2) is 0 Å². The van der Waals surface area contributed by atoms with E-state index in [9.17, 15) is 4.79 Å². The molecule has 1 amide bonds. The zero-order chi connectivity index (χ0) is 17.2. The molecule has 0 bridgehead atoms. The predicted octanol–water partition coefficient (Wildman–Crippen LogP) is 5.31. The molecule has 4 nitrogen and oxygen atoms in total. The number of amides is 1. The molecule has 0 fully saturated rings. The standard InChI is InChI=1S/C20H14BrNO3/c21-18-11-10-16(25-18)20(23)22-19(13-6-2-1-3-7-13)17-12-14-8-4-5-9-15(14)24-17/h1-12,19H,(H,22,23). The van der Waals surface area contributed by atoms with Crippen molar-refractivity contribution in [3.05, 3.63) is 94.5 Å². The molecule has 2 aromatic heterocycles. The second-order valence-electron chi connectivity index (χ2n) is 5.61. The Morgan fingerprint density at radius 2 is 1.68 bits per heavy atom. The molecule has 124 valence electrons. The molecule has 0 aliphatic rings. The lowest BCUT2D eigenvalue weighted by atomic mass is 10.0. The maximum absolute atomic E-state index is 12.6.